The van der Waals surface area contributed by atoms with Crippen molar-refractivity contribution in [1.29, 1.82) is 0 Å². The van der Waals surface area contributed by atoms with Crippen LogP contribution in [0.25, 0.3) is 0 Å². The van der Waals surface area contributed by atoms with Crippen LogP contribution in [-0.4, -0.2) is 55.5 Å². The van der Waals surface area contributed by atoms with Crippen molar-refractivity contribution in [2.75, 3.05) is 39.8 Å². The molecule has 1 saturated heterocycles. The second kappa shape index (κ2) is 6.37. The fraction of sp³-hybridized carbons (Fsp3) is 0.727. The number of carbonyl (C=O) groups excluding carboxylic acids is 1. The number of nitrogens with zero attached hydrogens (tertiary/aromatic N) is 2. The molecule has 92 valence electrons. The monoisotopic (exact) mass is 226 g/mol. The number of hydrogen-bond acceptors (Lipinski definition) is 4. The van der Waals surface area contributed by atoms with Crippen LogP contribution in [0.2, 0.25) is 0 Å². The van der Waals surface area contributed by atoms with Gasteiger partial charge in [0, 0.05) is 39.1 Å². The zero-order chi connectivity index (χ0) is 12.0. The van der Waals surface area contributed by atoms with Gasteiger partial charge in [0.25, 0.3) is 0 Å². The van der Waals surface area contributed by atoms with E-state index < -0.39 is 0 Å². The van der Waals surface area contributed by atoms with Gasteiger partial charge >= 0.3 is 0 Å². The van der Waals surface area contributed by atoms with E-state index in [0.717, 1.165) is 39.1 Å². The molecule has 16 heavy (non-hydrogen) atoms. The Kier molecular flexibility index (Phi) is 5.11. The van der Waals surface area contributed by atoms with Crippen molar-refractivity contribution in [3.8, 4) is 0 Å². The molecule has 0 aromatic heterocycles. The predicted molar refractivity (Wildman–Crippen MR) is 64.6 cm³/mol. The van der Waals surface area contributed by atoms with Crippen LogP contribution >= 0.6 is 0 Å². The Morgan fingerprint density at radius 1 is 1.38 bits per heavy atom. The number of nitrogens with one attached hydrogen (secondary N) is 1. The molecule has 5 nitrogen and oxygen atoms in total. The Morgan fingerprint density at radius 2 is 2.00 bits per heavy atom. The molecule has 1 fully saturated rings. The number of hydrogen-bond donors (Lipinski definition) is 2. The largest absolute Gasteiger partial charge is 0.386 e. The molecule has 0 unspecified atom stereocenters. The van der Waals surface area contributed by atoms with Crippen molar-refractivity contribution in [3.63, 3.8) is 0 Å². The van der Waals surface area contributed by atoms with Crippen molar-refractivity contribution < 1.29 is 4.79 Å². The molecule has 0 radical (unpaired) electrons. The van der Waals surface area contributed by atoms with Crippen LogP contribution in [0, 0.1) is 0 Å². The summed E-state index contributed by atoms with van der Waals surface area (Å²) < 4.78 is 0. The summed E-state index contributed by atoms with van der Waals surface area (Å²) in [5.41, 5.74) is 5.36. The zero-order valence-electron chi connectivity index (χ0n) is 10.0. The minimum Gasteiger partial charge on any atom is -0.386 e. The first-order chi connectivity index (χ1) is 7.59. The van der Waals surface area contributed by atoms with E-state index in [0.29, 0.717) is 12.2 Å². The second-order valence-corrected chi connectivity index (χ2v) is 4.24. The highest BCUT2D eigenvalue weighted by atomic mass is 16.2. The molecule has 0 aromatic rings. The molecule has 1 aliphatic rings. The van der Waals surface area contributed by atoms with Crippen LogP contribution in [0.5, 0.6) is 0 Å². The summed E-state index contributed by atoms with van der Waals surface area (Å²) in [6.45, 7) is 7.91. The molecular formula is C11H22N4O. The Balaban J connectivity index is 2.12. The Labute approximate surface area is 97.3 Å². The van der Waals surface area contributed by atoms with E-state index in [9.17, 15) is 4.79 Å². The fourth-order valence-corrected chi connectivity index (χ4v) is 1.70. The van der Waals surface area contributed by atoms with Gasteiger partial charge < -0.3 is 20.9 Å². The highest BCUT2D eigenvalue weighted by molar-refractivity contribution is 5.76. The van der Waals surface area contributed by atoms with Gasteiger partial charge in [-0.1, -0.05) is 6.58 Å². The second-order valence-electron chi connectivity index (χ2n) is 4.24. The Hall–Kier alpha value is -1.23. The predicted octanol–water partition coefficient (Wildman–Crippen LogP) is -0.440. The van der Waals surface area contributed by atoms with Gasteiger partial charge in [0.1, 0.15) is 0 Å². The van der Waals surface area contributed by atoms with Crippen LogP contribution in [-0.2, 0) is 4.79 Å². The normalized spacial score (nSPS) is 17.2. The summed E-state index contributed by atoms with van der Waals surface area (Å²) in [6, 6.07) is 0. The van der Waals surface area contributed by atoms with E-state index in [-0.39, 0.29) is 5.91 Å². The molecule has 3 N–H and O–H groups in total. The molecule has 0 aromatic carbocycles. The molecule has 1 aliphatic heterocycles. The minimum absolute atomic E-state index is 0.248. The molecular weight excluding hydrogens is 204 g/mol. The van der Waals surface area contributed by atoms with Crippen LogP contribution in [0.15, 0.2) is 12.4 Å². The third kappa shape index (κ3) is 4.53. The molecule has 0 atom stereocenters. The average molecular weight is 226 g/mol. The van der Waals surface area contributed by atoms with Gasteiger partial charge in [-0.2, -0.15) is 0 Å². The smallest absolute Gasteiger partial charge is 0.222 e. The molecule has 0 aliphatic carbocycles. The summed E-state index contributed by atoms with van der Waals surface area (Å²) in [5.74, 6) is 0.713. The maximum absolute atomic E-state index is 11.8. The number of rotatable bonds is 5. The van der Waals surface area contributed by atoms with Crippen LogP contribution in [0.4, 0.5) is 0 Å². The summed E-state index contributed by atoms with van der Waals surface area (Å²) in [5, 5.41) is 2.92. The van der Waals surface area contributed by atoms with E-state index in [1.54, 1.807) is 0 Å². The minimum atomic E-state index is 0.248. The van der Waals surface area contributed by atoms with Gasteiger partial charge in [-0.25, -0.2) is 0 Å². The van der Waals surface area contributed by atoms with Crippen molar-refractivity contribution >= 4 is 5.91 Å². The lowest BCUT2D eigenvalue weighted by Crippen LogP contribution is -2.47. The van der Waals surface area contributed by atoms with Gasteiger partial charge in [-0.15, -0.1) is 0 Å². The van der Waals surface area contributed by atoms with E-state index >= 15 is 0 Å². The number of nitrogens with two attached hydrogens (primary N) is 1. The van der Waals surface area contributed by atoms with E-state index in [2.05, 4.69) is 23.8 Å². The lowest BCUT2D eigenvalue weighted by atomic mass is 10.2. The number of piperazine rings is 1. The summed E-state index contributed by atoms with van der Waals surface area (Å²) >= 11 is 0. The van der Waals surface area contributed by atoms with E-state index in [1.165, 1.54) is 0 Å². The molecule has 1 rings (SSSR count). The summed E-state index contributed by atoms with van der Waals surface area (Å²) in [4.78, 5) is 16.0. The third-order valence-electron chi connectivity index (χ3n) is 2.78. The van der Waals surface area contributed by atoms with Crippen molar-refractivity contribution in [2.24, 2.45) is 5.73 Å². The quantitative estimate of drug-likeness (QED) is 0.624. The molecule has 0 saturated carbocycles. The molecule has 0 bridgehead atoms. The molecule has 0 spiro atoms. The Morgan fingerprint density at radius 3 is 2.56 bits per heavy atom. The number of amides is 1. The van der Waals surface area contributed by atoms with Gasteiger partial charge in [-0.3, -0.25) is 4.79 Å². The van der Waals surface area contributed by atoms with Gasteiger partial charge in [0.05, 0.1) is 5.82 Å². The van der Waals surface area contributed by atoms with E-state index in [4.69, 9.17) is 5.73 Å². The van der Waals surface area contributed by atoms with Gasteiger partial charge in [0.15, 0.2) is 0 Å². The topological polar surface area (TPSA) is 61.6 Å². The Bertz CT molecular complexity index is 246. The van der Waals surface area contributed by atoms with Crippen LogP contribution < -0.4 is 11.1 Å². The maximum Gasteiger partial charge on any atom is 0.222 e. The first kappa shape index (κ1) is 12.8. The van der Waals surface area contributed by atoms with Crippen LogP contribution in [0.1, 0.15) is 12.8 Å². The number of likely N-dealkylation sites (N-methyl/N-ethyl adjacent to an activating group) is 1. The standard InChI is InChI=1S/C11H22N4O/c1-10(12)13-5-3-4-11(16)15-8-6-14(2)7-9-15/h13H,1,3-9,12H2,2H3. The van der Waals surface area contributed by atoms with E-state index in [1.807, 2.05) is 4.90 Å². The SMILES string of the molecule is C=C(N)NCCCC(=O)N1CCN(C)CC1. The molecule has 1 amide bonds. The van der Waals surface area contributed by atoms with Gasteiger partial charge in [-0.05, 0) is 13.5 Å². The van der Waals surface area contributed by atoms with Crippen molar-refractivity contribution in [3.05, 3.63) is 12.4 Å². The molecule has 1 heterocycles. The van der Waals surface area contributed by atoms with Crippen LogP contribution in [0.3, 0.4) is 0 Å². The fourth-order valence-electron chi connectivity index (χ4n) is 1.70. The molecule has 5 heteroatoms. The zero-order valence-corrected chi connectivity index (χ0v) is 10.0. The average Bonchev–Trinajstić information content (AvgIpc) is 2.25. The highest BCUT2D eigenvalue weighted by Gasteiger charge is 2.17. The van der Waals surface area contributed by atoms with Gasteiger partial charge in [0.2, 0.25) is 5.91 Å². The maximum atomic E-state index is 11.8. The highest BCUT2D eigenvalue weighted by Crippen LogP contribution is 2.03. The van der Waals surface area contributed by atoms with Crippen molar-refractivity contribution in [1.82, 2.24) is 15.1 Å². The summed E-state index contributed by atoms with van der Waals surface area (Å²) in [7, 11) is 2.08. The third-order valence-corrected chi connectivity index (χ3v) is 2.78. The lowest BCUT2D eigenvalue weighted by Gasteiger charge is -2.32. The van der Waals surface area contributed by atoms with Crippen molar-refractivity contribution in [2.45, 2.75) is 12.8 Å². The first-order valence-corrected chi connectivity index (χ1v) is 5.74. The summed E-state index contributed by atoms with van der Waals surface area (Å²) in [6.07, 6.45) is 1.39. The number of carbonyl (C=O) groups is 1. The lowest BCUT2D eigenvalue weighted by molar-refractivity contribution is -0.132. The first-order valence-electron chi connectivity index (χ1n) is 5.74.